The monoisotopic (exact) mass is 298 g/mol. The van der Waals surface area contributed by atoms with Crippen LogP contribution in [-0.4, -0.2) is 39.2 Å². The topological polar surface area (TPSA) is 94.7 Å². The van der Waals surface area contributed by atoms with Crippen LogP contribution in [0, 0.1) is 5.92 Å². The smallest absolute Gasteiger partial charge is 0.244 e. The van der Waals surface area contributed by atoms with Crippen LogP contribution in [-0.2, 0) is 23.6 Å². The summed E-state index contributed by atoms with van der Waals surface area (Å²) in [6.07, 6.45) is 5.91. The van der Waals surface area contributed by atoms with Crippen LogP contribution in [0.3, 0.4) is 0 Å². The normalized spacial score (nSPS) is 13.8. The molecule has 0 saturated carbocycles. The van der Waals surface area contributed by atoms with E-state index >= 15 is 0 Å². The van der Waals surface area contributed by atoms with Crippen molar-refractivity contribution in [3.05, 3.63) is 24.8 Å². The molecular formula is C11H18N6O2S. The third-order valence-electron chi connectivity index (χ3n) is 2.93. The highest BCUT2D eigenvalue weighted by Gasteiger charge is 2.24. The van der Waals surface area contributed by atoms with Gasteiger partial charge in [0.15, 0.2) is 0 Å². The zero-order valence-corrected chi connectivity index (χ0v) is 12.4. The Morgan fingerprint density at radius 3 is 2.40 bits per heavy atom. The van der Waals surface area contributed by atoms with Gasteiger partial charge in [0.05, 0.1) is 25.1 Å². The summed E-state index contributed by atoms with van der Waals surface area (Å²) in [7, 11) is -1.92. The van der Waals surface area contributed by atoms with Crippen molar-refractivity contribution in [2.24, 2.45) is 13.0 Å². The third kappa shape index (κ3) is 3.42. The molecule has 2 aromatic heterocycles. The van der Waals surface area contributed by atoms with Crippen molar-refractivity contribution in [2.75, 3.05) is 0 Å². The predicted molar refractivity (Wildman–Crippen MR) is 72.2 cm³/mol. The van der Waals surface area contributed by atoms with Crippen LogP contribution in [0.2, 0.25) is 0 Å². The largest absolute Gasteiger partial charge is 0.274 e. The summed E-state index contributed by atoms with van der Waals surface area (Å²) in [5.41, 5.74) is 0. The molecule has 0 unspecified atom stereocenters. The summed E-state index contributed by atoms with van der Waals surface area (Å²) in [5.74, 6) is 0.104. The fraction of sp³-hybridized carbons (Fsp3) is 0.545. The molecule has 0 bridgehead atoms. The van der Waals surface area contributed by atoms with Gasteiger partial charge in [-0.2, -0.15) is 20.1 Å². The second kappa shape index (κ2) is 5.71. The van der Waals surface area contributed by atoms with E-state index in [9.17, 15) is 8.42 Å². The number of hydrogen-bond donors (Lipinski definition) is 1. The van der Waals surface area contributed by atoms with Crippen molar-refractivity contribution in [3.8, 4) is 0 Å². The maximum absolute atomic E-state index is 12.3. The van der Waals surface area contributed by atoms with Crippen LogP contribution in [0.25, 0.3) is 0 Å². The van der Waals surface area contributed by atoms with E-state index in [0.29, 0.717) is 6.54 Å². The van der Waals surface area contributed by atoms with Gasteiger partial charge in [-0.15, -0.1) is 0 Å². The lowest BCUT2D eigenvalue weighted by Crippen LogP contribution is -2.41. The van der Waals surface area contributed by atoms with Gasteiger partial charge in [-0.3, -0.25) is 4.68 Å². The Kier molecular flexibility index (Phi) is 4.19. The van der Waals surface area contributed by atoms with Gasteiger partial charge in [-0.25, -0.2) is 13.1 Å². The molecule has 20 heavy (non-hydrogen) atoms. The van der Waals surface area contributed by atoms with Crippen molar-refractivity contribution in [2.45, 2.75) is 31.3 Å². The molecule has 1 atom stereocenters. The lowest BCUT2D eigenvalue weighted by Gasteiger charge is -2.21. The number of aromatic nitrogens is 5. The molecule has 0 saturated heterocycles. The average molecular weight is 298 g/mol. The Morgan fingerprint density at radius 1 is 1.25 bits per heavy atom. The van der Waals surface area contributed by atoms with E-state index in [0.717, 1.165) is 0 Å². The van der Waals surface area contributed by atoms with Gasteiger partial charge >= 0.3 is 0 Å². The highest BCUT2D eigenvalue weighted by Crippen LogP contribution is 2.11. The highest BCUT2D eigenvalue weighted by atomic mass is 32.2. The van der Waals surface area contributed by atoms with Crippen LogP contribution < -0.4 is 4.72 Å². The van der Waals surface area contributed by atoms with Crippen molar-refractivity contribution in [1.82, 2.24) is 29.5 Å². The van der Waals surface area contributed by atoms with Gasteiger partial charge in [-0.05, 0) is 5.92 Å². The fourth-order valence-electron chi connectivity index (χ4n) is 1.70. The lowest BCUT2D eigenvalue weighted by molar-refractivity contribution is 0.361. The Bertz CT molecular complexity index is 646. The third-order valence-corrected chi connectivity index (χ3v) is 4.37. The number of aryl methyl sites for hydroxylation is 1. The molecule has 0 amide bonds. The second-order valence-corrected chi connectivity index (χ2v) is 6.62. The molecule has 2 heterocycles. The van der Waals surface area contributed by atoms with Gasteiger partial charge in [0.25, 0.3) is 0 Å². The minimum atomic E-state index is -3.59. The van der Waals surface area contributed by atoms with Gasteiger partial charge in [-0.1, -0.05) is 13.8 Å². The molecule has 1 N–H and O–H groups in total. The molecule has 8 nitrogen and oxygen atoms in total. The predicted octanol–water partition coefficient (Wildman–Crippen LogP) is 0.0147. The number of nitrogens with one attached hydrogen (secondary N) is 1. The second-order valence-electron chi connectivity index (χ2n) is 4.91. The molecule has 0 aliphatic carbocycles. The molecule has 0 aromatic carbocycles. The van der Waals surface area contributed by atoms with Crippen molar-refractivity contribution < 1.29 is 8.42 Å². The highest BCUT2D eigenvalue weighted by molar-refractivity contribution is 7.89. The molecular weight excluding hydrogens is 280 g/mol. The quantitative estimate of drug-likeness (QED) is 0.811. The maximum atomic E-state index is 12.3. The number of rotatable bonds is 6. The molecule has 2 aromatic rings. The lowest BCUT2D eigenvalue weighted by atomic mass is 10.1. The minimum absolute atomic E-state index is 0.104. The van der Waals surface area contributed by atoms with Crippen LogP contribution in [0.5, 0.6) is 0 Å². The van der Waals surface area contributed by atoms with Crippen molar-refractivity contribution in [3.63, 3.8) is 0 Å². The van der Waals surface area contributed by atoms with Crippen molar-refractivity contribution in [1.29, 1.82) is 0 Å². The summed E-state index contributed by atoms with van der Waals surface area (Å²) in [5, 5.41) is 11.9. The minimum Gasteiger partial charge on any atom is -0.274 e. The summed E-state index contributed by atoms with van der Waals surface area (Å²) < 4.78 is 28.7. The van der Waals surface area contributed by atoms with Crippen LogP contribution >= 0.6 is 0 Å². The van der Waals surface area contributed by atoms with Gasteiger partial charge in [0.2, 0.25) is 10.0 Å². The molecule has 9 heteroatoms. The van der Waals surface area contributed by atoms with Crippen LogP contribution in [0.4, 0.5) is 0 Å². The molecule has 0 aliphatic rings. The standard InChI is InChI=1S/C11H18N6O2S/c1-9(2)11(8-17-12-4-5-13-17)15-20(18,19)10-6-14-16(3)7-10/h4-7,9,11,15H,8H2,1-3H3/t11-/m1/s1. The molecule has 0 fully saturated rings. The van der Waals surface area contributed by atoms with Crippen LogP contribution in [0.15, 0.2) is 29.7 Å². The van der Waals surface area contributed by atoms with Gasteiger partial charge in [0.1, 0.15) is 4.90 Å². The van der Waals surface area contributed by atoms with Crippen LogP contribution in [0.1, 0.15) is 13.8 Å². The van der Waals surface area contributed by atoms with Crippen molar-refractivity contribution >= 4 is 10.0 Å². The molecule has 0 radical (unpaired) electrons. The van der Waals surface area contributed by atoms with E-state index in [-0.39, 0.29) is 16.9 Å². The number of sulfonamides is 1. The van der Waals surface area contributed by atoms with E-state index in [4.69, 9.17) is 0 Å². The molecule has 0 aliphatic heterocycles. The molecule has 2 rings (SSSR count). The first-order chi connectivity index (χ1) is 9.38. The fourth-order valence-corrected chi connectivity index (χ4v) is 3.06. The Hall–Kier alpha value is -1.74. The summed E-state index contributed by atoms with van der Waals surface area (Å²) in [6.45, 7) is 4.27. The maximum Gasteiger partial charge on any atom is 0.244 e. The first kappa shape index (κ1) is 14.7. The number of nitrogens with zero attached hydrogens (tertiary/aromatic N) is 5. The van der Waals surface area contributed by atoms with E-state index in [1.165, 1.54) is 21.9 Å². The zero-order valence-electron chi connectivity index (χ0n) is 11.6. The Balaban J connectivity index is 2.15. The van der Waals surface area contributed by atoms with E-state index in [1.807, 2.05) is 13.8 Å². The Morgan fingerprint density at radius 2 is 1.90 bits per heavy atom. The van der Waals surface area contributed by atoms with Gasteiger partial charge < -0.3 is 0 Å². The van der Waals surface area contributed by atoms with E-state index in [1.54, 1.807) is 19.4 Å². The van der Waals surface area contributed by atoms with Gasteiger partial charge in [0, 0.05) is 19.3 Å². The summed E-state index contributed by atoms with van der Waals surface area (Å²) >= 11 is 0. The SMILES string of the molecule is CC(C)[C@@H](Cn1nccn1)NS(=O)(=O)c1cnn(C)c1. The first-order valence-corrected chi connectivity index (χ1v) is 7.72. The summed E-state index contributed by atoms with van der Waals surface area (Å²) in [6, 6.07) is -0.299. The average Bonchev–Trinajstić information content (AvgIpc) is 2.99. The Labute approximate surface area is 117 Å². The molecule has 0 spiro atoms. The van der Waals surface area contributed by atoms with E-state index in [2.05, 4.69) is 20.0 Å². The molecule has 110 valence electrons. The summed E-state index contributed by atoms with van der Waals surface area (Å²) in [4.78, 5) is 1.62. The first-order valence-electron chi connectivity index (χ1n) is 6.23. The zero-order chi connectivity index (χ0) is 14.8. The number of hydrogen-bond acceptors (Lipinski definition) is 5. The van der Waals surface area contributed by atoms with E-state index < -0.39 is 10.0 Å².